The smallest absolute Gasteiger partial charge is 0.269 e. The van der Waals surface area contributed by atoms with Gasteiger partial charge in [-0.15, -0.1) is 0 Å². The zero-order valence-electron chi connectivity index (χ0n) is 12.2. The summed E-state index contributed by atoms with van der Waals surface area (Å²) in [6.45, 7) is 4.37. The molecule has 118 valence electrons. The molecule has 1 N–H and O–H groups in total. The first-order valence-electron chi connectivity index (χ1n) is 6.83. The third-order valence-electron chi connectivity index (χ3n) is 3.30. The summed E-state index contributed by atoms with van der Waals surface area (Å²) < 4.78 is 10.6. The maximum absolute atomic E-state index is 10.6. The van der Waals surface area contributed by atoms with Crippen molar-refractivity contribution in [2.24, 2.45) is 0 Å². The highest BCUT2D eigenvalue weighted by Crippen LogP contribution is 2.33. The molecule has 3 rings (SSSR count). The number of hydroxylamine groups is 1. The van der Waals surface area contributed by atoms with Crippen molar-refractivity contribution in [1.29, 1.82) is 0 Å². The van der Waals surface area contributed by atoms with Gasteiger partial charge in [-0.05, 0) is 35.9 Å². The van der Waals surface area contributed by atoms with Crippen molar-refractivity contribution in [2.45, 2.75) is 6.61 Å². The molecule has 1 aliphatic heterocycles. The monoisotopic (exact) mass is 314 g/mol. The number of non-ortho nitro benzene ring substituents is 1. The average Bonchev–Trinajstić information content (AvgIpc) is 3.02. The molecule has 1 heterocycles. The van der Waals surface area contributed by atoms with Gasteiger partial charge in [-0.25, -0.2) is 0 Å². The van der Waals surface area contributed by atoms with Gasteiger partial charge in [0.15, 0.2) is 11.5 Å². The molecule has 1 aliphatic rings. The minimum Gasteiger partial charge on any atom is -0.454 e. The van der Waals surface area contributed by atoms with Gasteiger partial charge in [-0.2, -0.15) is 0 Å². The summed E-state index contributed by atoms with van der Waals surface area (Å²) in [6, 6.07) is 11.6. The van der Waals surface area contributed by atoms with Crippen molar-refractivity contribution in [3.8, 4) is 11.5 Å². The Balaban J connectivity index is 1.54. The second-order valence-corrected chi connectivity index (χ2v) is 4.86. The van der Waals surface area contributed by atoms with Gasteiger partial charge in [0.25, 0.3) is 5.69 Å². The Bertz CT molecular complexity index is 743. The molecule has 0 amide bonds. The number of hydrogen-bond donors (Lipinski definition) is 1. The first-order valence-corrected chi connectivity index (χ1v) is 6.83. The molecule has 0 fully saturated rings. The fourth-order valence-corrected chi connectivity index (χ4v) is 2.06. The Hall–Kier alpha value is -3.06. The van der Waals surface area contributed by atoms with E-state index in [1.54, 1.807) is 18.2 Å². The van der Waals surface area contributed by atoms with E-state index in [1.807, 2.05) is 12.1 Å². The van der Waals surface area contributed by atoms with Gasteiger partial charge in [0.05, 0.1) is 17.2 Å². The van der Waals surface area contributed by atoms with Crippen LogP contribution in [0.15, 0.2) is 49.0 Å². The number of hydrogen-bond acceptors (Lipinski definition) is 6. The van der Waals surface area contributed by atoms with Crippen molar-refractivity contribution in [2.75, 3.05) is 6.79 Å². The molecule has 0 saturated carbocycles. The lowest BCUT2D eigenvalue weighted by Gasteiger charge is -2.10. The summed E-state index contributed by atoms with van der Waals surface area (Å²) in [5, 5.41) is 10.6. The fraction of sp³-hybridized carbons (Fsp3) is 0.125. The fourth-order valence-electron chi connectivity index (χ4n) is 2.06. The lowest BCUT2D eigenvalue weighted by Crippen LogP contribution is -2.12. The minimum atomic E-state index is -0.440. The molecule has 7 nitrogen and oxygen atoms in total. The number of nitrogens with zero attached hydrogens (tertiary/aromatic N) is 1. The maximum Gasteiger partial charge on any atom is 0.269 e. The first-order chi connectivity index (χ1) is 11.1. The summed E-state index contributed by atoms with van der Waals surface area (Å²) in [5.74, 6) is 1.37. The van der Waals surface area contributed by atoms with E-state index in [9.17, 15) is 10.1 Å². The minimum absolute atomic E-state index is 0.0477. The van der Waals surface area contributed by atoms with Crippen molar-refractivity contribution in [3.05, 3.63) is 70.3 Å². The highest BCUT2D eigenvalue weighted by Gasteiger charge is 2.14. The van der Waals surface area contributed by atoms with E-state index < -0.39 is 4.92 Å². The third kappa shape index (κ3) is 3.41. The molecule has 0 radical (unpaired) electrons. The molecule has 7 heteroatoms. The van der Waals surface area contributed by atoms with Crippen LogP contribution in [-0.2, 0) is 11.4 Å². The largest absolute Gasteiger partial charge is 0.454 e. The second kappa shape index (κ2) is 6.37. The van der Waals surface area contributed by atoms with Crippen LogP contribution < -0.4 is 15.0 Å². The average molecular weight is 314 g/mol. The summed E-state index contributed by atoms with van der Waals surface area (Å²) in [7, 11) is 0. The molecule has 0 unspecified atom stereocenters. The standard InChI is InChI=1S/C16H14N2O5/c1-11(13-4-7-15-16(8-13)22-10-21-15)17-23-9-12-2-5-14(6-3-12)18(19)20/h2-8,17H,1,9-10H2. The van der Waals surface area contributed by atoms with Crippen molar-refractivity contribution >= 4 is 11.4 Å². The van der Waals surface area contributed by atoms with Crippen LogP contribution in [0.3, 0.4) is 0 Å². The van der Waals surface area contributed by atoms with E-state index in [4.69, 9.17) is 14.3 Å². The Morgan fingerprint density at radius 2 is 1.96 bits per heavy atom. The van der Waals surface area contributed by atoms with Gasteiger partial charge in [0, 0.05) is 17.7 Å². The lowest BCUT2D eigenvalue weighted by molar-refractivity contribution is -0.384. The molecule has 23 heavy (non-hydrogen) atoms. The third-order valence-corrected chi connectivity index (χ3v) is 3.30. The van der Waals surface area contributed by atoms with E-state index in [0.29, 0.717) is 17.2 Å². The molecule has 2 aromatic rings. The van der Waals surface area contributed by atoms with Gasteiger partial charge in [0.1, 0.15) is 0 Å². The first kappa shape index (κ1) is 14.9. The topological polar surface area (TPSA) is 82.9 Å². The highest BCUT2D eigenvalue weighted by molar-refractivity contribution is 5.64. The van der Waals surface area contributed by atoms with Crippen LogP contribution >= 0.6 is 0 Å². The summed E-state index contributed by atoms with van der Waals surface area (Å²) in [6.07, 6.45) is 0. The molecular formula is C16H14N2O5. The molecule has 0 saturated heterocycles. The van der Waals surface area contributed by atoms with E-state index >= 15 is 0 Å². The van der Waals surface area contributed by atoms with Crippen LogP contribution in [0.2, 0.25) is 0 Å². The number of nitro benzene ring substituents is 1. The van der Waals surface area contributed by atoms with E-state index in [0.717, 1.165) is 11.1 Å². The van der Waals surface area contributed by atoms with Crippen molar-refractivity contribution in [1.82, 2.24) is 5.48 Å². The number of nitrogens with one attached hydrogen (secondary N) is 1. The molecule has 0 aliphatic carbocycles. The van der Waals surface area contributed by atoms with Crippen LogP contribution in [0.5, 0.6) is 11.5 Å². The Morgan fingerprint density at radius 3 is 2.70 bits per heavy atom. The van der Waals surface area contributed by atoms with Crippen LogP contribution in [0.4, 0.5) is 5.69 Å². The number of ether oxygens (including phenoxy) is 2. The van der Waals surface area contributed by atoms with E-state index in [-0.39, 0.29) is 19.1 Å². The summed E-state index contributed by atoms with van der Waals surface area (Å²) in [5.41, 5.74) is 5.00. The van der Waals surface area contributed by atoms with Crippen LogP contribution in [0.1, 0.15) is 11.1 Å². The van der Waals surface area contributed by atoms with Crippen LogP contribution in [0.25, 0.3) is 5.70 Å². The number of fused-ring (bicyclic) bond motifs is 1. The van der Waals surface area contributed by atoms with E-state index in [2.05, 4.69) is 12.1 Å². The number of rotatable bonds is 6. The van der Waals surface area contributed by atoms with Crippen LogP contribution in [-0.4, -0.2) is 11.7 Å². The van der Waals surface area contributed by atoms with Gasteiger partial charge in [-0.1, -0.05) is 6.58 Å². The Morgan fingerprint density at radius 1 is 1.22 bits per heavy atom. The molecule has 0 atom stereocenters. The lowest BCUT2D eigenvalue weighted by atomic mass is 10.1. The Labute approximate surface area is 132 Å². The number of nitro groups is 1. The Kier molecular flexibility index (Phi) is 4.11. The van der Waals surface area contributed by atoms with Gasteiger partial charge in [-0.3, -0.25) is 20.4 Å². The molecule has 2 aromatic carbocycles. The predicted octanol–water partition coefficient (Wildman–Crippen LogP) is 3.02. The van der Waals surface area contributed by atoms with Crippen LogP contribution in [0, 0.1) is 10.1 Å². The van der Waals surface area contributed by atoms with E-state index in [1.165, 1.54) is 12.1 Å². The molecule has 0 bridgehead atoms. The maximum atomic E-state index is 10.6. The molecule has 0 aromatic heterocycles. The SMILES string of the molecule is C=C(NOCc1ccc([N+](=O)[O-])cc1)c1ccc2c(c1)OCO2. The zero-order valence-corrected chi connectivity index (χ0v) is 12.2. The summed E-state index contributed by atoms with van der Waals surface area (Å²) >= 11 is 0. The highest BCUT2D eigenvalue weighted by atomic mass is 16.7. The molecular weight excluding hydrogens is 300 g/mol. The quantitative estimate of drug-likeness (QED) is 0.652. The second-order valence-electron chi connectivity index (χ2n) is 4.86. The van der Waals surface area contributed by atoms with Gasteiger partial charge >= 0.3 is 0 Å². The summed E-state index contributed by atoms with van der Waals surface area (Å²) in [4.78, 5) is 15.5. The zero-order chi connectivity index (χ0) is 16.2. The van der Waals surface area contributed by atoms with Gasteiger partial charge in [0.2, 0.25) is 6.79 Å². The normalized spacial score (nSPS) is 12.0. The number of benzene rings is 2. The van der Waals surface area contributed by atoms with Crippen molar-refractivity contribution < 1.29 is 19.2 Å². The van der Waals surface area contributed by atoms with Gasteiger partial charge < -0.3 is 9.47 Å². The van der Waals surface area contributed by atoms with Crippen molar-refractivity contribution in [3.63, 3.8) is 0 Å². The molecule has 0 spiro atoms. The predicted molar refractivity (Wildman–Crippen MR) is 82.6 cm³/mol.